The maximum atomic E-state index is 12.4. The van der Waals surface area contributed by atoms with Crippen molar-refractivity contribution in [1.29, 1.82) is 0 Å². The average Bonchev–Trinajstić information content (AvgIpc) is 2.49. The SMILES string of the molecule is COc1ccc2c(c1)OCC[C@@H](CN(C)C)C2=O. The first kappa shape index (κ1) is 12.9. The van der Waals surface area contributed by atoms with Gasteiger partial charge in [0, 0.05) is 18.5 Å². The lowest BCUT2D eigenvalue weighted by molar-refractivity contribution is 0.0891. The van der Waals surface area contributed by atoms with Crippen molar-refractivity contribution >= 4 is 5.78 Å². The van der Waals surface area contributed by atoms with Crippen molar-refractivity contribution in [2.24, 2.45) is 5.92 Å². The molecule has 0 saturated carbocycles. The van der Waals surface area contributed by atoms with Gasteiger partial charge in [-0.3, -0.25) is 4.79 Å². The number of rotatable bonds is 3. The van der Waals surface area contributed by atoms with Gasteiger partial charge >= 0.3 is 0 Å². The standard InChI is InChI=1S/C14H19NO3/c1-15(2)9-10-6-7-18-13-8-11(17-3)4-5-12(13)14(10)16/h4-5,8,10H,6-7,9H2,1-3H3/t10-/m0/s1. The van der Waals surface area contributed by atoms with Crippen LogP contribution in [0.4, 0.5) is 0 Å². The molecule has 1 aliphatic rings. The Morgan fingerprint density at radius 1 is 1.44 bits per heavy atom. The molecule has 4 heteroatoms. The second kappa shape index (κ2) is 5.40. The van der Waals surface area contributed by atoms with Crippen molar-refractivity contribution in [3.8, 4) is 11.5 Å². The van der Waals surface area contributed by atoms with Gasteiger partial charge in [0.25, 0.3) is 0 Å². The topological polar surface area (TPSA) is 38.8 Å². The smallest absolute Gasteiger partial charge is 0.171 e. The minimum Gasteiger partial charge on any atom is -0.497 e. The number of benzene rings is 1. The number of ether oxygens (including phenoxy) is 2. The fourth-order valence-electron chi connectivity index (χ4n) is 2.23. The Bertz CT molecular complexity index is 443. The van der Waals surface area contributed by atoms with Crippen molar-refractivity contribution in [3.05, 3.63) is 23.8 Å². The number of carbonyl (C=O) groups excluding carboxylic acids is 1. The number of ketones is 1. The zero-order chi connectivity index (χ0) is 13.1. The molecule has 1 atom stereocenters. The fraction of sp³-hybridized carbons (Fsp3) is 0.500. The third-order valence-corrected chi connectivity index (χ3v) is 3.13. The van der Waals surface area contributed by atoms with Crippen LogP contribution in [-0.4, -0.2) is 45.0 Å². The van der Waals surface area contributed by atoms with Crippen molar-refractivity contribution < 1.29 is 14.3 Å². The molecule has 1 aromatic rings. The number of methoxy groups -OCH3 is 1. The number of Topliss-reactive ketones (excluding diaryl/α,β-unsaturated/α-hetero) is 1. The van der Waals surface area contributed by atoms with Crippen LogP contribution in [0.1, 0.15) is 16.8 Å². The molecular weight excluding hydrogens is 230 g/mol. The summed E-state index contributed by atoms with van der Waals surface area (Å²) >= 11 is 0. The molecule has 0 bridgehead atoms. The highest BCUT2D eigenvalue weighted by Gasteiger charge is 2.27. The van der Waals surface area contributed by atoms with E-state index in [4.69, 9.17) is 9.47 Å². The maximum Gasteiger partial charge on any atom is 0.171 e. The van der Waals surface area contributed by atoms with Gasteiger partial charge in [0.1, 0.15) is 11.5 Å². The summed E-state index contributed by atoms with van der Waals surface area (Å²) in [5.41, 5.74) is 0.667. The highest BCUT2D eigenvalue weighted by Crippen LogP contribution is 2.30. The van der Waals surface area contributed by atoms with Crippen LogP contribution in [-0.2, 0) is 0 Å². The van der Waals surface area contributed by atoms with Crippen molar-refractivity contribution in [1.82, 2.24) is 4.90 Å². The van der Waals surface area contributed by atoms with Gasteiger partial charge in [0.15, 0.2) is 5.78 Å². The Balaban J connectivity index is 2.29. The molecule has 4 nitrogen and oxygen atoms in total. The zero-order valence-electron chi connectivity index (χ0n) is 11.1. The largest absolute Gasteiger partial charge is 0.497 e. The van der Waals surface area contributed by atoms with Crippen LogP contribution in [0.25, 0.3) is 0 Å². The lowest BCUT2D eigenvalue weighted by Crippen LogP contribution is -2.27. The van der Waals surface area contributed by atoms with Gasteiger partial charge < -0.3 is 14.4 Å². The molecule has 0 N–H and O–H groups in total. The van der Waals surface area contributed by atoms with Gasteiger partial charge in [-0.15, -0.1) is 0 Å². The highest BCUT2D eigenvalue weighted by molar-refractivity contribution is 6.00. The van der Waals surface area contributed by atoms with E-state index >= 15 is 0 Å². The van der Waals surface area contributed by atoms with Crippen molar-refractivity contribution in [2.75, 3.05) is 34.4 Å². The van der Waals surface area contributed by atoms with Crippen LogP contribution in [0.15, 0.2) is 18.2 Å². The first-order chi connectivity index (χ1) is 8.61. The Hall–Kier alpha value is -1.55. The predicted octanol–water partition coefficient (Wildman–Crippen LogP) is 1.84. The molecule has 18 heavy (non-hydrogen) atoms. The number of hydrogen-bond donors (Lipinski definition) is 0. The Morgan fingerprint density at radius 3 is 2.89 bits per heavy atom. The second-order valence-corrected chi connectivity index (χ2v) is 4.82. The molecule has 1 aliphatic heterocycles. The van der Waals surface area contributed by atoms with Crippen molar-refractivity contribution in [2.45, 2.75) is 6.42 Å². The van der Waals surface area contributed by atoms with Gasteiger partial charge in [0.05, 0.1) is 19.3 Å². The molecule has 1 heterocycles. The van der Waals surface area contributed by atoms with Crippen molar-refractivity contribution in [3.63, 3.8) is 0 Å². The van der Waals surface area contributed by atoms with E-state index in [9.17, 15) is 4.79 Å². The molecule has 2 rings (SSSR count). The van der Waals surface area contributed by atoms with Gasteiger partial charge in [0.2, 0.25) is 0 Å². The normalized spacial score (nSPS) is 19.1. The number of nitrogens with zero attached hydrogens (tertiary/aromatic N) is 1. The summed E-state index contributed by atoms with van der Waals surface area (Å²) in [7, 11) is 5.57. The molecule has 0 fully saturated rings. The molecule has 0 aliphatic carbocycles. The molecule has 0 amide bonds. The van der Waals surface area contributed by atoms with Gasteiger partial charge in [-0.25, -0.2) is 0 Å². The summed E-state index contributed by atoms with van der Waals surface area (Å²) in [6.45, 7) is 1.33. The predicted molar refractivity (Wildman–Crippen MR) is 69.5 cm³/mol. The molecule has 0 aromatic heterocycles. The van der Waals surface area contributed by atoms with E-state index < -0.39 is 0 Å². The van der Waals surface area contributed by atoms with Crippen LogP contribution in [0.5, 0.6) is 11.5 Å². The van der Waals surface area contributed by atoms with E-state index in [1.165, 1.54) is 0 Å². The third-order valence-electron chi connectivity index (χ3n) is 3.13. The van der Waals surface area contributed by atoms with Gasteiger partial charge in [-0.2, -0.15) is 0 Å². The summed E-state index contributed by atoms with van der Waals surface area (Å²) in [6, 6.07) is 5.38. The van der Waals surface area contributed by atoms with Crippen LogP contribution in [0, 0.1) is 5.92 Å². The quantitative estimate of drug-likeness (QED) is 0.819. The van der Waals surface area contributed by atoms with E-state index in [0.717, 1.165) is 13.0 Å². The molecule has 0 spiro atoms. The van der Waals surface area contributed by atoms with E-state index in [1.807, 2.05) is 19.0 Å². The molecular formula is C14H19NO3. The second-order valence-electron chi connectivity index (χ2n) is 4.82. The molecule has 98 valence electrons. The van der Waals surface area contributed by atoms with E-state index in [-0.39, 0.29) is 11.7 Å². The van der Waals surface area contributed by atoms with Crippen LogP contribution in [0.2, 0.25) is 0 Å². The lowest BCUT2D eigenvalue weighted by Gasteiger charge is -2.17. The Morgan fingerprint density at radius 2 is 2.22 bits per heavy atom. The Labute approximate surface area is 107 Å². The van der Waals surface area contributed by atoms with E-state index in [0.29, 0.717) is 23.7 Å². The number of fused-ring (bicyclic) bond motifs is 1. The minimum absolute atomic E-state index is 0.00893. The minimum atomic E-state index is 0.00893. The van der Waals surface area contributed by atoms with Crippen LogP contribution >= 0.6 is 0 Å². The molecule has 0 saturated heterocycles. The highest BCUT2D eigenvalue weighted by atomic mass is 16.5. The molecule has 1 aromatic carbocycles. The van der Waals surface area contributed by atoms with E-state index in [1.54, 1.807) is 25.3 Å². The summed E-state index contributed by atoms with van der Waals surface area (Å²) in [5.74, 6) is 1.53. The van der Waals surface area contributed by atoms with Gasteiger partial charge in [-0.1, -0.05) is 0 Å². The third kappa shape index (κ3) is 2.64. The fourth-order valence-corrected chi connectivity index (χ4v) is 2.23. The van der Waals surface area contributed by atoms with E-state index in [2.05, 4.69) is 0 Å². The lowest BCUT2D eigenvalue weighted by atomic mass is 9.95. The average molecular weight is 249 g/mol. The van der Waals surface area contributed by atoms with Crippen LogP contribution in [0.3, 0.4) is 0 Å². The molecule has 0 unspecified atom stereocenters. The first-order valence-corrected chi connectivity index (χ1v) is 6.11. The summed E-state index contributed by atoms with van der Waals surface area (Å²) in [6.07, 6.45) is 0.758. The maximum absolute atomic E-state index is 12.4. The summed E-state index contributed by atoms with van der Waals surface area (Å²) in [5, 5.41) is 0. The zero-order valence-corrected chi connectivity index (χ0v) is 11.1. The summed E-state index contributed by atoms with van der Waals surface area (Å²) in [4.78, 5) is 14.5. The number of hydrogen-bond acceptors (Lipinski definition) is 4. The molecule has 0 radical (unpaired) electrons. The first-order valence-electron chi connectivity index (χ1n) is 6.11. The summed E-state index contributed by atoms with van der Waals surface area (Å²) < 4.78 is 10.8. The number of carbonyl (C=O) groups is 1. The monoisotopic (exact) mass is 249 g/mol. The van der Waals surface area contributed by atoms with Gasteiger partial charge in [-0.05, 0) is 32.6 Å². The van der Waals surface area contributed by atoms with Crippen LogP contribution < -0.4 is 9.47 Å². The Kier molecular flexibility index (Phi) is 3.87.